The van der Waals surface area contributed by atoms with E-state index >= 15 is 0 Å². The highest BCUT2D eigenvalue weighted by Crippen LogP contribution is 2.48. The van der Waals surface area contributed by atoms with Crippen molar-refractivity contribution in [1.82, 2.24) is 14.4 Å². The van der Waals surface area contributed by atoms with Crippen LogP contribution in [0.25, 0.3) is 16.9 Å². The molecule has 6 nitrogen and oxygen atoms in total. The molecule has 2 atom stereocenters. The van der Waals surface area contributed by atoms with E-state index < -0.39 is 0 Å². The van der Waals surface area contributed by atoms with Crippen LogP contribution in [0.5, 0.6) is 0 Å². The Bertz CT molecular complexity index is 1070. The van der Waals surface area contributed by atoms with Crippen LogP contribution in [0.2, 0.25) is 0 Å². The Morgan fingerprint density at radius 3 is 2.85 bits per heavy atom. The largest absolute Gasteiger partial charge is 0.469 e. The van der Waals surface area contributed by atoms with E-state index in [1.54, 1.807) is 18.7 Å². The van der Waals surface area contributed by atoms with Crippen molar-refractivity contribution in [2.75, 3.05) is 5.32 Å². The van der Waals surface area contributed by atoms with Crippen LogP contribution in [0, 0.1) is 5.92 Å². The summed E-state index contributed by atoms with van der Waals surface area (Å²) < 4.78 is 7.33. The van der Waals surface area contributed by atoms with E-state index in [1.807, 2.05) is 53.1 Å². The number of imidazole rings is 1. The van der Waals surface area contributed by atoms with Gasteiger partial charge in [-0.1, -0.05) is 6.07 Å². The van der Waals surface area contributed by atoms with Crippen molar-refractivity contribution in [3.05, 3.63) is 73.1 Å². The van der Waals surface area contributed by atoms with E-state index in [2.05, 4.69) is 15.3 Å². The Balaban J connectivity index is 1.49. The second-order valence-electron chi connectivity index (χ2n) is 6.43. The van der Waals surface area contributed by atoms with Gasteiger partial charge in [-0.2, -0.15) is 0 Å². The van der Waals surface area contributed by atoms with Crippen LogP contribution in [0.1, 0.15) is 18.1 Å². The van der Waals surface area contributed by atoms with Crippen molar-refractivity contribution in [3.63, 3.8) is 0 Å². The fourth-order valence-corrected chi connectivity index (χ4v) is 3.34. The number of anilines is 1. The number of fused-ring (bicyclic) bond motifs is 1. The first-order valence-electron chi connectivity index (χ1n) is 8.53. The smallest absolute Gasteiger partial charge is 0.229 e. The predicted octanol–water partition coefficient (Wildman–Crippen LogP) is 3.73. The van der Waals surface area contributed by atoms with E-state index in [9.17, 15) is 4.79 Å². The lowest BCUT2D eigenvalue weighted by Gasteiger charge is -2.07. The summed E-state index contributed by atoms with van der Waals surface area (Å²) in [6, 6.07) is 13.3. The van der Waals surface area contributed by atoms with E-state index in [-0.39, 0.29) is 17.7 Å². The molecule has 0 aliphatic heterocycles. The minimum atomic E-state index is -0.0688. The molecule has 6 heteroatoms. The molecule has 1 saturated carbocycles. The first kappa shape index (κ1) is 14.9. The van der Waals surface area contributed by atoms with Gasteiger partial charge in [-0.05, 0) is 42.8 Å². The minimum absolute atomic E-state index is 0.00707. The number of carbonyl (C=O) groups is 1. The summed E-state index contributed by atoms with van der Waals surface area (Å²) in [6.07, 6.45) is 7.80. The number of aromatic nitrogens is 3. The molecule has 0 aromatic carbocycles. The van der Waals surface area contributed by atoms with Crippen molar-refractivity contribution >= 4 is 17.4 Å². The molecule has 4 heterocycles. The third-order valence-corrected chi connectivity index (χ3v) is 4.76. The lowest BCUT2D eigenvalue weighted by Crippen LogP contribution is -2.16. The Hall–Kier alpha value is -3.41. The Labute approximate surface area is 149 Å². The summed E-state index contributed by atoms with van der Waals surface area (Å²) in [5, 5.41) is 3.09. The summed E-state index contributed by atoms with van der Waals surface area (Å²) in [5.74, 6) is 1.64. The summed E-state index contributed by atoms with van der Waals surface area (Å²) in [5.41, 5.74) is 2.44. The van der Waals surface area contributed by atoms with Crippen LogP contribution in [-0.2, 0) is 4.79 Å². The summed E-state index contributed by atoms with van der Waals surface area (Å²) in [4.78, 5) is 21.5. The molecule has 26 heavy (non-hydrogen) atoms. The van der Waals surface area contributed by atoms with E-state index in [1.165, 1.54) is 0 Å². The number of nitrogens with one attached hydrogen (secondary N) is 1. The molecule has 1 aliphatic carbocycles. The number of hydrogen-bond acceptors (Lipinski definition) is 4. The highest BCUT2D eigenvalue weighted by atomic mass is 16.3. The molecule has 4 aromatic rings. The summed E-state index contributed by atoms with van der Waals surface area (Å²) in [6.45, 7) is 0. The highest BCUT2D eigenvalue weighted by molar-refractivity contribution is 5.98. The maximum Gasteiger partial charge on any atom is 0.229 e. The molecular weight excluding hydrogens is 328 g/mol. The molecule has 0 unspecified atom stereocenters. The zero-order chi connectivity index (χ0) is 17.5. The molecule has 128 valence electrons. The lowest BCUT2D eigenvalue weighted by atomic mass is 10.2. The first-order valence-corrected chi connectivity index (χ1v) is 8.53. The van der Waals surface area contributed by atoms with Gasteiger partial charge in [0.2, 0.25) is 5.91 Å². The number of nitrogens with zero attached hydrogens (tertiary/aromatic N) is 3. The molecule has 1 aliphatic rings. The number of carbonyl (C=O) groups excluding carboxylic acids is 1. The monoisotopic (exact) mass is 344 g/mol. The van der Waals surface area contributed by atoms with Crippen molar-refractivity contribution in [2.45, 2.75) is 12.3 Å². The minimum Gasteiger partial charge on any atom is -0.469 e. The van der Waals surface area contributed by atoms with Gasteiger partial charge in [0.25, 0.3) is 0 Å². The van der Waals surface area contributed by atoms with Crippen molar-refractivity contribution < 1.29 is 9.21 Å². The average Bonchev–Trinajstić information content (AvgIpc) is 3.13. The quantitative estimate of drug-likeness (QED) is 0.612. The summed E-state index contributed by atoms with van der Waals surface area (Å²) in [7, 11) is 0. The number of hydrogen-bond donors (Lipinski definition) is 1. The van der Waals surface area contributed by atoms with Gasteiger partial charge in [0.05, 0.1) is 6.26 Å². The molecule has 1 amide bonds. The molecule has 0 spiro atoms. The Morgan fingerprint density at radius 1 is 1.15 bits per heavy atom. The second-order valence-corrected chi connectivity index (χ2v) is 6.43. The fourth-order valence-electron chi connectivity index (χ4n) is 3.34. The lowest BCUT2D eigenvalue weighted by molar-refractivity contribution is -0.117. The molecular formula is C20H16N4O2. The van der Waals surface area contributed by atoms with Crippen molar-refractivity contribution in [3.8, 4) is 11.3 Å². The van der Waals surface area contributed by atoms with Crippen molar-refractivity contribution in [2.24, 2.45) is 5.92 Å². The average molecular weight is 344 g/mol. The number of furan rings is 1. The zero-order valence-corrected chi connectivity index (χ0v) is 13.9. The molecule has 5 rings (SSSR count). The van der Waals surface area contributed by atoms with E-state index in [4.69, 9.17) is 4.42 Å². The number of pyridine rings is 2. The van der Waals surface area contributed by atoms with Crippen LogP contribution in [0.4, 0.5) is 5.82 Å². The van der Waals surface area contributed by atoms with Crippen LogP contribution in [-0.4, -0.2) is 20.3 Å². The SMILES string of the molecule is O=C(Nc1c(-c2ccncc2)nc2ccccn12)[C@@H]1C[C@H]1c1ccco1. The third kappa shape index (κ3) is 2.47. The van der Waals surface area contributed by atoms with Crippen LogP contribution < -0.4 is 5.32 Å². The van der Waals surface area contributed by atoms with E-state index in [0.29, 0.717) is 5.82 Å². The normalized spacial score (nSPS) is 18.8. The summed E-state index contributed by atoms with van der Waals surface area (Å²) >= 11 is 0. The van der Waals surface area contributed by atoms with Crippen LogP contribution >= 0.6 is 0 Å². The molecule has 1 fully saturated rings. The van der Waals surface area contributed by atoms with Crippen LogP contribution in [0.15, 0.2) is 71.7 Å². The highest BCUT2D eigenvalue weighted by Gasteiger charge is 2.46. The zero-order valence-electron chi connectivity index (χ0n) is 13.9. The predicted molar refractivity (Wildman–Crippen MR) is 96.6 cm³/mol. The topological polar surface area (TPSA) is 72.4 Å². The van der Waals surface area contributed by atoms with Crippen LogP contribution in [0.3, 0.4) is 0 Å². The molecule has 0 saturated heterocycles. The van der Waals surface area contributed by atoms with Gasteiger partial charge in [-0.25, -0.2) is 4.98 Å². The van der Waals surface area contributed by atoms with Gasteiger partial charge in [-0.15, -0.1) is 0 Å². The van der Waals surface area contributed by atoms with E-state index in [0.717, 1.165) is 29.1 Å². The Morgan fingerprint density at radius 2 is 2.04 bits per heavy atom. The van der Waals surface area contributed by atoms with Crippen molar-refractivity contribution in [1.29, 1.82) is 0 Å². The van der Waals surface area contributed by atoms with Gasteiger partial charge in [0.1, 0.15) is 22.9 Å². The number of amides is 1. The first-order chi connectivity index (χ1) is 12.8. The molecule has 0 radical (unpaired) electrons. The standard InChI is InChI=1S/C20H16N4O2/c25-20(15-12-14(15)16-4-3-11-26-16)23-19-18(13-6-8-21-9-7-13)22-17-5-1-2-10-24(17)19/h1-11,14-15H,12H2,(H,23,25)/t14-,15-/m1/s1. The second kappa shape index (κ2) is 5.84. The maximum absolute atomic E-state index is 12.8. The fraction of sp³-hybridized carbons (Fsp3) is 0.150. The van der Waals surface area contributed by atoms with Gasteiger partial charge >= 0.3 is 0 Å². The number of rotatable bonds is 4. The maximum atomic E-state index is 12.8. The molecule has 0 bridgehead atoms. The van der Waals surface area contributed by atoms with Gasteiger partial charge in [-0.3, -0.25) is 14.2 Å². The molecule has 4 aromatic heterocycles. The Kier molecular flexibility index (Phi) is 3.35. The third-order valence-electron chi connectivity index (χ3n) is 4.76. The molecule has 1 N–H and O–H groups in total. The van der Waals surface area contributed by atoms with Gasteiger partial charge in [0.15, 0.2) is 0 Å². The van der Waals surface area contributed by atoms with Gasteiger partial charge in [0, 0.05) is 36.0 Å². The van der Waals surface area contributed by atoms with Gasteiger partial charge < -0.3 is 9.73 Å².